The van der Waals surface area contributed by atoms with E-state index in [9.17, 15) is 9.59 Å². The standard InChI is InChI=1S/C28H31N3O2/c1-20(2)30-27(33)28(13-15-31(19-28)26(32)25-8-5-14-29-18-25)17-22-6-4-7-24(16-22)23-11-9-21(3)10-12-23/h4-12,14,16,18,20H,13,15,17,19H2,1-3H3,(H,30,33)/t28-/m1/s1. The Balaban J connectivity index is 1.61. The van der Waals surface area contributed by atoms with Crippen molar-refractivity contribution in [3.8, 4) is 11.1 Å². The summed E-state index contributed by atoms with van der Waals surface area (Å²) in [6, 6.07) is 20.4. The topological polar surface area (TPSA) is 62.3 Å². The molecule has 5 heteroatoms. The molecule has 0 unspecified atom stereocenters. The Labute approximate surface area is 195 Å². The Morgan fingerprint density at radius 1 is 1.06 bits per heavy atom. The van der Waals surface area contributed by atoms with Crippen LogP contribution < -0.4 is 5.32 Å². The maximum atomic E-state index is 13.4. The minimum atomic E-state index is -0.659. The number of aryl methyl sites for hydroxylation is 1. The minimum Gasteiger partial charge on any atom is -0.353 e. The highest BCUT2D eigenvalue weighted by Crippen LogP contribution is 2.36. The number of carbonyl (C=O) groups excluding carboxylic acids is 2. The third-order valence-electron chi connectivity index (χ3n) is 6.31. The Morgan fingerprint density at radius 3 is 2.55 bits per heavy atom. The summed E-state index contributed by atoms with van der Waals surface area (Å²) in [5.74, 6) is -0.0598. The van der Waals surface area contributed by atoms with Gasteiger partial charge < -0.3 is 10.2 Å². The van der Waals surface area contributed by atoms with Gasteiger partial charge in [0.1, 0.15) is 0 Å². The van der Waals surface area contributed by atoms with E-state index < -0.39 is 5.41 Å². The zero-order valence-electron chi connectivity index (χ0n) is 19.5. The largest absolute Gasteiger partial charge is 0.353 e. The fraction of sp³-hybridized carbons (Fsp3) is 0.321. The molecule has 1 aliphatic heterocycles. The normalized spacial score (nSPS) is 17.9. The highest BCUT2D eigenvalue weighted by molar-refractivity contribution is 5.95. The first kappa shape index (κ1) is 22.7. The molecule has 5 nitrogen and oxygen atoms in total. The van der Waals surface area contributed by atoms with E-state index in [0.29, 0.717) is 31.5 Å². The third-order valence-corrected chi connectivity index (χ3v) is 6.31. The molecule has 3 aromatic rings. The van der Waals surface area contributed by atoms with Crippen LogP contribution in [-0.4, -0.2) is 40.8 Å². The van der Waals surface area contributed by atoms with Crippen LogP contribution in [0.4, 0.5) is 0 Å². The first-order valence-corrected chi connectivity index (χ1v) is 11.5. The maximum Gasteiger partial charge on any atom is 0.255 e. The van der Waals surface area contributed by atoms with Crippen molar-refractivity contribution in [3.63, 3.8) is 0 Å². The smallest absolute Gasteiger partial charge is 0.255 e. The molecule has 0 saturated carbocycles. The lowest BCUT2D eigenvalue weighted by atomic mass is 9.79. The summed E-state index contributed by atoms with van der Waals surface area (Å²) in [4.78, 5) is 32.3. The second-order valence-electron chi connectivity index (χ2n) is 9.37. The number of aromatic nitrogens is 1. The van der Waals surface area contributed by atoms with Crippen LogP contribution in [-0.2, 0) is 11.2 Å². The molecule has 0 aliphatic carbocycles. The number of amides is 2. The van der Waals surface area contributed by atoms with Crippen molar-refractivity contribution in [2.24, 2.45) is 5.41 Å². The number of rotatable bonds is 6. The van der Waals surface area contributed by atoms with Gasteiger partial charge in [-0.2, -0.15) is 0 Å². The van der Waals surface area contributed by atoms with Gasteiger partial charge in [-0.15, -0.1) is 0 Å². The highest BCUT2D eigenvalue weighted by atomic mass is 16.2. The summed E-state index contributed by atoms with van der Waals surface area (Å²) in [6.45, 7) is 6.97. The first-order chi connectivity index (χ1) is 15.9. The van der Waals surface area contributed by atoms with Gasteiger partial charge in [0.15, 0.2) is 0 Å². The molecule has 2 amide bonds. The van der Waals surface area contributed by atoms with E-state index in [2.05, 4.69) is 59.7 Å². The molecule has 1 N–H and O–H groups in total. The number of pyridine rings is 1. The van der Waals surface area contributed by atoms with Gasteiger partial charge in [0, 0.05) is 31.5 Å². The van der Waals surface area contributed by atoms with Gasteiger partial charge in [-0.3, -0.25) is 14.6 Å². The molecule has 33 heavy (non-hydrogen) atoms. The molecule has 0 spiro atoms. The van der Waals surface area contributed by atoms with Crippen LogP contribution in [0.3, 0.4) is 0 Å². The van der Waals surface area contributed by atoms with Crippen molar-refractivity contribution in [3.05, 3.63) is 89.7 Å². The predicted octanol–water partition coefficient (Wildman–Crippen LogP) is 4.66. The lowest BCUT2D eigenvalue weighted by molar-refractivity contribution is -0.130. The van der Waals surface area contributed by atoms with Gasteiger partial charge in [-0.25, -0.2) is 0 Å². The van der Waals surface area contributed by atoms with E-state index in [-0.39, 0.29) is 17.9 Å². The molecular formula is C28H31N3O2. The first-order valence-electron chi connectivity index (χ1n) is 11.5. The average Bonchev–Trinajstić information content (AvgIpc) is 3.25. The Kier molecular flexibility index (Phi) is 6.59. The number of nitrogens with zero attached hydrogens (tertiary/aromatic N) is 2. The maximum absolute atomic E-state index is 13.4. The van der Waals surface area contributed by atoms with E-state index >= 15 is 0 Å². The van der Waals surface area contributed by atoms with Crippen molar-refractivity contribution in [2.75, 3.05) is 13.1 Å². The van der Waals surface area contributed by atoms with E-state index in [1.165, 1.54) is 5.56 Å². The van der Waals surface area contributed by atoms with Gasteiger partial charge in [0.05, 0.1) is 11.0 Å². The van der Waals surface area contributed by atoms with Gasteiger partial charge in [-0.05, 0) is 62.4 Å². The monoisotopic (exact) mass is 441 g/mol. The van der Waals surface area contributed by atoms with E-state index in [4.69, 9.17) is 0 Å². The SMILES string of the molecule is Cc1ccc(-c2cccc(C[C@]3(C(=O)NC(C)C)CCN(C(=O)c4cccnc4)C3)c2)cc1. The fourth-order valence-corrected chi connectivity index (χ4v) is 4.54. The van der Waals surface area contributed by atoms with Crippen LogP contribution in [0.15, 0.2) is 73.1 Å². The van der Waals surface area contributed by atoms with Gasteiger partial charge in [-0.1, -0.05) is 54.1 Å². The number of nitrogens with one attached hydrogen (secondary N) is 1. The molecule has 1 aliphatic rings. The van der Waals surface area contributed by atoms with Gasteiger partial charge >= 0.3 is 0 Å². The van der Waals surface area contributed by atoms with E-state index in [0.717, 1.165) is 16.7 Å². The second-order valence-corrected chi connectivity index (χ2v) is 9.37. The summed E-state index contributed by atoms with van der Waals surface area (Å²) < 4.78 is 0. The summed E-state index contributed by atoms with van der Waals surface area (Å²) in [5, 5.41) is 3.11. The lowest BCUT2D eigenvalue weighted by Crippen LogP contribution is -2.47. The predicted molar refractivity (Wildman–Crippen MR) is 131 cm³/mol. The van der Waals surface area contributed by atoms with Crippen molar-refractivity contribution in [2.45, 2.75) is 39.7 Å². The third kappa shape index (κ3) is 5.14. The van der Waals surface area contributed by atoms with Crippen molar-refractivity contribution >= 4 is 11.8 Å². The Hall–Kier alpha value is -3.47. The molecule has 2 aromatic carbocycles. The van der Waals surface area contributed by atoms with Crippen LogP contribution in [0.2, 0.25) is 0 Å². The van der Waals surface area contributed by atoms with Gasteiger partial charge in [0.25, 0.3) is 5.91 Å². The summed E-state index contributed by atoms with van der Waals surface area (Å²) in [6.07, 6.45) is 4.46. The summed E-state index contributed by atoms with van der Waals surface area (Å²) in [7, 11) is 0. The molecule has 2 heterocycles. The molecule has 1 atom stereocenters. The number of likely N-dealkylation sites (tertiary alicyclic amines) is 1. The zero-order chi connectivity index (χ0) is 23.4. The van der Waals surface area contributed by atoms with E-state index in [1.54, 1.807) is 29.4 Å². The highest BCUT2D eigenvalue weighted by Gasteiger charge is 2.46. The van der Waals surface area contributed by atoms with Crippen LogP contribution >= 0.6 is 0 Å². The minimum absolute atomic E-state index is 0.0136. The second kappa shape index (κ2) is 9.57. The van der Waals surface area contributed by atoms with Crippen LogP contribution in [0, 0.1) is 12.3 Å². The Bertz CT molecular complexity index is 1130. The van der Waals surface area contributed by atoms with E-state index in [1.807, 2.05) is 19.9 Å². The van der Waals surface area contributed by atoms with Crippen molar-refractivity contribution in [1.82, 2.24) is 15.2 Å². The lowest BCUT2D eigenvalue weighted by Gasteiger charge is -2.29. The molecule has 1 saturated heterocycles. The molecule has 1 aromatic heterocycles. The summed E-state index contributed by atoms with van der Waals surface area (Å²) in [5.41, 5.74) is 4.51. The molecule has 0 bridgehead atoms. The average molecular weight is 442 g/mol. The quantitative estimate of drug-likeness (QED) is 0.605. The van der Waals surface area contributed by atoms with Crippen LogP contribution in [0.1, 0.15) is 41.8 Å². The molecular weight excluding hydrogens is 410 g/mol. The number of benzene rings is 2. The van der Waals surface area contributed by atoms with Crippen molar-refractivity contribution in [1.29, 1.82) is 0 Å². The van der Waals surface area contributed by atoms with Gasteiger partial charge in [0.2, 0.25) is 5.91 Å². The molecule has 0 radical (unpaired) electrons. The number of carbonyl (C=O) groups is 2. The van der Waals surface area contributed by atoms with Crippen molar-refractivity contribution < 1.29 is 9.59 Å². The fourth-order valence-electron chi connectivity index (χ4n) is 4.54. The molecule has 4 rings (SSSR count). The number of hydrogen-bond acceptors (Lipinski definition) is 3. The van der Waals surface area contributed by atoms with Crippen LogP contribution in [0.5, 0.6) is 0 Å². The molecule has 170 valence electrons. The van der Waals surface area contributed by atoms with Crippen LogP contribution in [0.25, 0.3) is 11.1 Å². The number of hydrogen-bond donors (Lipinski definition) is 1. The Morgan fingerprint density at radius 2 is 1.85 bits per heavy atom. The summed E-state index contributed by atoms with van der Waals surface area (Å²) >= 11 is 0. The molecule has 1 fully saturated rings. The zero-order valence-corrected chi connectivity index (χ0v) is 19.5.